The summed E-state index contributed by atoms with van der Waals surface area (Å²) in [6.07, 6.45) is 0.368. The van der Waals surface area contributed by atoms with Crippen LogP contribution in [0, 0.1) is 18.7 Å². The molecule has 1 N–H and O–H groups in total. The molecule has 76 valence electrons. The zero-order valence-electron chi connectivity index (χ0n) is 8.25. The van der Waals surface area contributed by atoms with Gasteiger partial charge in [0.2, 0.25) is 0 Å². The molecule has 0 radical (unpaired) electrons. The van der Waals surface area contributed by atoms with E-state index in [9.17, 15) is 9.18 Å². The fourth-order valence-corrected chi connectivity index (χ4v) is 1.20. The van der Waals surface area contributed by atoms with Crippen molar-refractivity contribution in [2.75, 3.05) is 0 Å². The summed E-state index contributed by atoms with van der Waals surface area (Å²) in [5.41, 5.74) is 1.31. The highest BCUT2D eigenvalue weighted by atomic mass is 19.1. The molecule has 0 saturated carbocycles. The van der Waals surface area contributed by atoms with Gasteiger partial charge in [0.25, 0.3) is 0 Å². The summed E-state index contributed by atoms with van der Waals surface area (Å²) in [6, 6.07) is 4.83. The second-order valence-electron chi connectivity index (χ2n) is 3.53. The first kappa shape index (κ1) is 10.7. The van der Waals surface area contributed by atoms with Gasteiger partial charge in [-0.05, 0) is 30.5 Å². The number of hydrogen-bond donors (Lipinski definition) is 1. The van der Waals surface area contributed by atoms with E-state index in [-0.39, 0.29) is 5.82 Å². The summed E-state index contributed by atoms with van der Waals surface area (Å²) in [5.74, 6) is -1.61. The number of carboxylic acid groups (broad SMARTS) is 1. The summed E-state index contributed by atoms with van der Waals surface area (Å²) < 4.78 is 13.1. The number of hydrogen-bond acceptors (Lipinski definition) is 1. The lowest BCUT2D eigenvalue weighted by Gasteiger charge is -2.06. The molecule has 0 amide bonds. The van der Waals surface area contributed by atoms with Gasteiger partial charge in [0, 0.05) is 0 Å². The van der Waals surface area contributed by atoms with Crippen molar-refractivity contribution in [1.29, 1.82) is 0 Å². The fraction of sp³-hybridized carbons (Fsp3) is 0.364. The SMILES string of the molecule is Cc1ccc(CC(C)C(=O)O)cc1F. The Morgan fingerprint density at radius 1 is 1.57 bits per heavy atom. The summed E-state index contributed by atoms with van der Waals surface area (Å²) in [7, 11) is 0. The molecule has 0 saturated heterocycles. The molecule has 0 heterocycles. The van der Waals surface area contributed by atoms with Crippen LogP contribution in [0.15, 0.2) is 18.2 Å². The van der Waals surface area contributed by atoms with Gasteiger partial charge in [-0.2, -0.15) is 0 Å². The number of aryl methyl sites for hydroxylation is 1. The maximum atomic E-state index is 13.1. The smallest absolute Gasteiger partial charge is 0.306 e. The molecule has 0 spiro atoms. The number of aliphatic carboxylic acids is 1. The van der Waals surface area contributed by atoms with Gasteiger partial charge in [-0.1, -0.05) is 19.1 Å². The quantitative estimate of drug-likeness (QED) is 0.806. The topological polar surface area (TPSA) is 37.3 Å². The molecular formula is C11H13FO2. The lowest BCUT2D eigenvalue weighted by atomic mass is 10.0. The lowest BCUT2D eigenvalue weighted by molar-refractivity contribution is -0.141. The molecule has 1 atom stereocenters. The van der Waals surface area contributed by atoms with Crippen LogP contribution in [0.5, 0.6) is 0 Å². The van der Waals surface area contributed by atoms with Crippen LogP contribution in [0.1, 0.15) is 18.1 Å². The van der Waals surface area contributed by atoms with E-state index in [1.54, 1.807) is 26.0 Å². The molecule has 0 bridgehead atoms. The zero-order chi connectivity index (χ0) is 10.7. The van der Waals surface area contributed by atoms with Gasteiger partial charge >= 0.3 is 5.97 Å². The van der Waals surface area contributed by atoms with Crippen LogP contribution in [0.4, 0.5) is 4.39 Å². The van der Waals surface area contributed by atoms with Crippen molar-refractivity contribution in [3.63, 3.8) is 0 Å². The van der Waals surface area contributed by atoms with Crippen LogP contribution in [0.2, 0.25) is 0 Å². The number of benzene rings is 1. The number of carbonyl (C=O) groups is 1. The minimum Gasteiger partial charge on any atom is -0.481 e. The van der Waals surface area contributed by atoms with Crippen molar-refractivity contribution in [1.82, 2.24) is 0 Å². The maximum absolute atomic E-state index is 13.1. The van der Waals surface area contributed by atoms with Gasteiger partial charge in [-0.25, -0.2) is 4.39 Å². The molecule has 1 aromatic rings. The number of halogens is 1. The van der Waals surface area contributed by atoms with E-state index in [0.29, 0.717) is 12.0 Å². The van der Waals surface area contributed by atoms with Gasteiger partial charge in [0.1, 0.15) is 5.82 Å². The largest absolute Gasteiger partial charge is 0.481 e. The molecular weight excluding hydrogens is 183 g/mol. The molecule has 0 aliphatic heterocycles. The van der Waals surface area contributed by atoms with Crippen LogP contribution in [-0.4, -0.2) is 11.1 Å². The van der Waals surface area contributed by atoms with Crippen LogP contribution in [-0.2, 0) is 11.2 Å². The summed E-state index contributed by atoms with van der Waals surface area (Å²) in [5, 5.41) is 8.67. The van der Waals surface area contributed by atoms with Crippen LogP contribution < -0.4 is 0 Å². The Hall–Kier alpha value is -1.38. The normalized spacial score (nSPS) is 12.5. The summed E-state index contributed by atoms with van der Waals surface area (Å²) in [6.45, 7) is 3.29. The van der Waals surface area contributed by atoms with Gasteiger partial charge in [0.05, 0.1) is 5.92 Å². The standard InChI is InChI=1S/C11H13FO2/c1-7-3-4-9(6-10(7)12)5-8(2)11(13)14/h3-4,6,8H,5H2,1-2H3,(H,13,14). The predicted octanol–water partition coefficient (Wildman–Crippen LogP) is 2.40. The van der Waals surface area contributed by atoms with Gasteiger partial charge in [0.15, 0.2) is 0 Å². The summed E-state index contributed by atoms with van der Waals surface area (Å²) in [4.78, 5) is 10.6. The number of rotatable bonds is 3. The predicted molar refractivity (Wildman–Crippen MR) is 51.6 cm³/mol. The first-order valence-electron chi connectivity index (χ1n) is 4.48. The highest BCUT2D eigenvalue weighted by molar-refractivity contribution is 5.69. The van der Waals surface area contributed by atoms with E-state index < -0.39 is 11.9 Å². The Bertz CT molecular complexity index is 347. The van der Waals surface area contributed by atoms with Crippen molar-refractivity contribution in [2.45, 2.75) is 20.3 Å². The zero-order valence-corrected chi connectivity index (χ0v) is 8.25. The molecule has 14 heavy (non-hydrogen) atoms. The Kier molecular flexibility index (Phi) is 3.23. The number of carboxylic acids is 1. The molecule has 2 nitrogen and oxygen atoms in total. The molecule has 1 rings (SSSR count). The van der Waals surface area contributed by atoms with E-state index in [1.807, 2.05) is 0 Å². The average molecular weight is 196 g/mol. The first-order chi connectivity index (χ1) is 6.50. The minimum atomic E-state index is -0.856. The van der Waals surface area contributed by atoms with E-state index >= 15 is 0 Å². The van der Waals surface area contributed by atoms with Crippen molar-refractivity contribution in [3.05, 3.63) is 35.1 Å². The van der Waals surface area contributed by atoms with Crippen LogP contribution in [0.25, 0.3) is 0 Å². The average Bonchev–Trinajstić information content (AvgIpc) is 2.11. The molecule has 3 heteroatoms. The monoisotopic (exact) mass is 196 g/mol. The molecule has 0 fully saturated rings. The Morgan fingerprint density at radius 2 is 2.21 bits per heavy atom. The third-order valence-corrected chi connectivity index (χ3v) is 2.20. The van der Waals surface area contributed by atoms with Crippen LogP contribution >= 0.6 is 0 Å². The van der Waals surface area contributed by atoms with E-state index in [4.69, 9.17) is 5.11 Å². The van der Waals surface area contributed by atoms with Crippen molar-refractivity contribution < 1.29 is 14.3 Å². The van der Waals surface area contributed by atoms with Crippen molar-refractivity contribution in [3.8, 4) is 0 Å². The molecule has 0 aliphatic rings. The maximum Gasteiger partial charge on any atom is 0.306 e. The lowest BCUT2D eigenvalue weighted by Crippen LogP contribution is -2.12. The van der Waals surface area contributed by atoms with E-state index in [2.05, 4.69) is 0 Å². The third kappa shape index (κ3) is 2.55. The highest BCUT2D eigenvalue weighted by Gasteiger charge is 2.12. The Balaban J connectivity index is 2.78. The minimum absolute atomic E-state index is 0.278. The van der Waals surface area contributed by atoms with Gasteiger partial charge in [-0.3, -0.25) is 4.79 Å². The van der Waals surface area contributed by atoms with Gasteiger partial charge in [-0.15, -0.1) is 0 Å². The fourth-order valence-electron chi connectivity index (χ4n) is 1.20. The Labute approximate surface area is 82.4 Å². The van der Waals surface area contributed by atoms with Crippen LogP contribution in [0.3, 0.4) is 0 Å². The second kappa shape index (κ2) is 4.22. The molecule has 1 aromatic carbocycles. The summed E-state index contributed by atoms with van der Waals surface area (Å²) >= 11 is 0. The van der Waals surface area contributed by atoms with Gasteiger partial charge < -0.3 is 5.11 Å². The Morgan fingerprint density at radius 3 is 2.71 bits per heavy atom. The van der Waals surface area contributed by atoms with E-state index in [0.717, 1.165) is 5.56 Å². The van der Waals surface area contributed by atoms with E-state index in [1.165, 1.54) is 6.07 Å². The molecule has 0 aromatic heterocycles. The highest BCUT2D eigenvalue weighted by Crippen LogP contribution is 2.13. The molecule has 1 unspecified atom stereocenters. The second-order valence-corrected chi connectivity index (χ2v) is 3.53. The van der Waals surface area contributed by atoms with Crippen molar-refractivity contribution >= 4 is 5.97 Å². The van der Waals surface area contributed by atoms with Crippen molar-refractivity contribution in [2.24, 2.45) is 5.92 Å². The molecule has 0 aliphatic carbocycles. The third-order valence-electron chi connectivity index (χ3n) is 2.20. The first-order valence-corrected chi connectivity index (χ1v) is 4.48.